The van der Waals surface area contributed by atoms with Gasteiger partial charge in [0.2, 0.25) is 0 Å². The topological polar surface area (TPSA) is 119 Å². The summed E-state index contributed by atoms with van der Waals surface area (Å²) in [5.74, 6) is -0.501. The highest BCUT2D eigenvalue weighted by Crippen LogP contribution is 2.36. The predicted octanol–water partition coefficient (Wildman–Crippen LogP) is 5.10. The molecular formula is C32H41N3O7. The number of benzene rings is 2. The zero-order valence-corrected chi connectivity index (χ0v) is 25.1. The van der Waals surface area contributed by atoms with Crippen molar-refractivity contribution in [1.29, 1.82) is 0 Å². The van der Waals surface area contributed by atoms with Gasteiger partial charge in [-0.1, -0.05) is 30.3 Å². The summed E-state index contributed by atoms with van der Waals surface area (Å²) < 4.78 is 18.3. The highest BCUT2D eigenvalue weighted by molar-refractivity contribution is 6.07. The maximum Gasteiger partial charge on any atom is 0.407 e. The minimum atomic E-state index is -1.06. The third-order valence-electron chi connectivity index (χ3n) is 7.35. The highest BCUT2D eigenvalue weighted by Gasteiger charge is 2.29. The summed E-state index contributed by atoms with van der Waals surface area (Å²) in [6.07, 6.45) is 2.81. The summed E-state index contributed by atoms with van der Waals surface area (Å²) in [4.78, 5) is 39.0. The summed E-state index contributed by atoms with van der Waals surface area (Å²) in [5.41, 5.74) is 3.95. The molecule has 10 heteroatoms. The van der Waals surface area contributed by atoms with Crippen LogP contribution in [0.15, 0.2) is 42.6 Å². The summed E-state index contributed by atoms with van der Waals surface area (Å²) in [7, 11) is 1.67. The number of para-hydroxylation sites is 1. The van der Waals surface area contributed by atoms with Crippen LogP contribution in [0, 0.1) is 6.92 Å². The van der Waals surface area contributed by atoms with Crippen molar-refractivity contribution in [1.82, 2.24) is 14.8 Å². The van der Waals surface area contributed by atoms with Gasteiger partial charge in [-0.15, -0.1) is 0 Å². The zero-order valence-electron chi connectivity index (χ0n) is 25.1. The van der Waals surface area contributed by atoms with E-state index >= 15 is 0 Å². The van der Waals surface area contributed by atoms with Crippen LogP contribution in [0.3, 0.4) is 0 Å². The Bertz CT molecular complexity index is 1430. The number of likely N-dealkylation sites (tertiary alicyclic amines) is 1. The number of nitrogens with zero attached hydrogens (tertiary/aromatic N) is 2. The van der Waals surface area contributed by atoms with E-state index in [9.17, 15) is 19.5 Å². The van der Waals surface area contributed by atoms with Crippen LogP contribution >= 0.6 is 0 Å². The number of hydrogen-bond acceptors (Lipinski definition) is 6. The largest absolute Gasteiger partial charge is 0.482 e. The molecule has 2 heterocycles. The van der Waals surface area contributed by atoms with Crippen molar-refractivity contribution >= 4 is 28.9 Å². The number of carbonyl (C=O) groups is 3. The molecule has 1 aliphatic heterocycles. The number of methoxy groups -OCH3 is 1. The van der Waals surface area contributed by atoms with Gasteiger partial charge in [0, 0.05) is 44.9 Å². The van der Waals surface area contributed by atoms with Crippen LogP contribution in [0.1, 0.15) is 66.6 Å². The van der Waals surface area contributed by atoms with E-state index in [0.717, 1.165) is 27.6 Å². The van der Waals surface area contributed by atoms with Gasteiger partial charge in [0.05, 0.1) is 17.7 Å². The molecule has 0 spiro atoms. The number of hydrogen-bond donors (Lipinski definition) is 2. The molecule has 0 radical (unpaired) electrons. The number of carbonyl (C=O) groups excluding carboxylic acids is 2. The van der Waals surface area contributed by atoms with Gasteiger partial charge in [-0.3, -0.25) is 4.79 Å². The van der Waals surface area contributed by atoms with E-state index < -0.39 is 24.3 Å². The van der Waals surface area contributed by atoms with Gasteiger partial charge in [0.1, 0.15) is 11.4 Å². The monoisotopic (exact) mass is 579 g/mol. The molecule has 1 aliphatic rings. The third-order valence-corrected chi connectivity index (χ3v) is 7.35. The van der Waals surface area contributed by atoms with E-state index in [-0.39, 0.29) is 18.4 Å². The Morgan fingerprint density at radius 3 is 2.50 bits per heavy atom. The summed E-state index contributed by atoms with van der Waals surface area (Å²) >= 11 is 0. The Hall–Kier alpha value is -4.05. The van der Waals surface area contributed by atoms with Crippen molar-refractivity contribution in [2.24, 2.45) is 0 Å². The number of carboxylic acid groups (broad SMARTS) is 1. The molecule has 226 valence electrons. The standard InChI is InChI=1S/C32H41N3O7/c1-21-7-6-8-24-26(19-35(29(21)24)15-16-40-5)30(38)34-13-11-23(12-14-34)25-17-22(9-10-27(25)41-20-28(36)37)18-33-31(39)42-32(2,3)4/h6-10,17,19,23H,11-16,18,20H2,1-5H3,(H,33,39)(H,36,37). The van der Waals surface area contributed by atoms with Crippen molar-refractivity contribution in [3.63, 3.8) is 0 Å². The number of aromatic nitrogens is 1. The number of aliphatic carboxylic acids is 1. The lowest BCUT2D eigenvalue weighted by Crippen LogP contribution is -2.38. The van der Waals surface area contributed by atoms with Crippen LogP contribution in [0.2, 0.25) is 0 Å². The average molecular weight is 580 g/mol. The fourth-order valence-electron chi connectivity index (χ4n) is 5.43. The van der Waals surface area contributed by atoms with Crippen LogP contribution in [-0.2, 0) is 27.4 Å². The molecule has 0 bridgehead atoms. The molecule has 0 atom stereocenters. The Labute approximate surface area is 246 Å². The van der Waals surface area contributed by atoms with Crippen molar-refractivity contribution in [2.45, 2.75) is 65.1 Å². The van der Waals surface area contributed by atoms with Crippen molar-refractivity contribution in [2.75, 3.05) is 33.4 Å². The van der Waals surface area contributed by atoms with E-state index in [1.54, 1.807) is 40.0 Å². The minimum Gasteiger partial charge on any atom is -0.482 e. The number of nitrogens with one attached hydrogen (secondary N) is 1. The van der Waals surface area contributed by atoms with E-state index in [0.29, 0.717) is 50.4 Å². The minimum absolute atomic E-state index is 0.00196. The number of fused-ring (bicyclic) bond motifs is 1. The summed E-state index contributed by atoms with van der Waals surface area (Å²) in [6, 6.07) is 11.5. The van der Waals surface area contributed by atoms with Gasteiger partial charge in [-0.25, -0.2) is 9.59 Å². The fourth-order valence-corrected chi connectivity index (χ4v) is 5.43. The molecule has 3 aromatic rings. The first-order chi connectivity index (χ1) is 20.0. The van der Waals surface area contributed by atoms with Crippen molar-refractivity contribution < 1.29 is 33.7 Å². The van der Waals surface area contributed by atoms with Gasteiger partial charge >= 0.3 is 12.1 Å². The first-order valence-corrected chi connectivity index (χ1v) is 14.3. The molecule has 2 N–H and O–H groups in total. The van der Waals surface area contributed by atoms with Crippen LogP contribution in [-0.4, -0.2) is 71.6 Å². The smallest absolute Gasteiger partial charge is 0.407 e. The number of aryl methyl sites for hydroxylation is 1. The molecule has 1 saturated heterocycles. The second-order valence-corrected chi connectivity index (χ2v) is 11.7. The second kappa shape index (κ2) is 13.3. The van der Waals surface area contributed by atoms with Gasteiger partial charge in [-0.2, -0.15) is 0 Å². The first kappa shape index (κ1) is 30.9. The van der Waals surface area contributed by atoms with Gasteiger partial charge in [0.25, 0.3) is 5.91 Å². The Morgan fingerprint density at radius 2 is 1.83 bits per heavy atom. The Kier molecular flexibility index (Phi) is 9.78. The zero-order chi connectivity index (χ0) is 30.4. The Morgan fingerprint density at radius 1 is 1.10 bits per heavy atom. The lowest BCUT2D eigenvalue weighted by Gasteiger charge is -2.33. The van der Waals surface area contributed by atoms with E-state index in [1.165, 1.54) is 0 Å². The van der Waals surface area contributed by atoms with Gasteiger partial charge in [0.15, 0.2) is 6.61 Å². The molecule has 0 aliphatic carbocycles. The molecule has 2 amide bonds. The predicted molar refractivity (Wildman–Crippen MR) is 159 cm³/mol. The molecule has 1 aromatic heterocycles. The second-order valence-electron chi connectivity index (χ2n) is 11.7. The SMILES string of the molecule is COCCn1cc(C(=O)N2CCC(c3cc(CNC(=O)OC(C)(C)C)ccc3OCC(=O)O)CC2)c2cccc(C)c21. The number of ether oxygens (including phenoxy) is 3. The summed E-state index contributed by atoms with van der Waals surface area (Å²) in [5, 5.41) is 12.9. The quantitative estimate of drug-likeness (QED) is 0.343. The maximum absolute atomic E-state index is 13.7. The lowest BCUT2D eigenvalue weighted by atomic mass is 9.87. The summed E-state index contributed by atoms with van der Waals surface area (Å²) in [6.45, 7) is 9.58. The van der Waals surface area contributed by atoms with Gasteiger partial charge in [-0.05, 0) is 69.2 Å². The normalized spacial score (nSPS) is 14.2. The van der Waals surface area contributed by atoms with Crippen LogP contribution in [0.4, 0.5) is 4.79 Å². The molecular weight excluding hydrogens is 538 g/mol. The van der Waals surface area contributed by atoms with E-state index in [4.69, 9.17) is 14.2 Å². The van der Waals surface area contributed by atoms with Gasteiger partial charge < -0.3 is 34.1 Å². The maximum atomic E-state index is 13.7. The third kappa shape index (κ3) is 7.61. The van der Waals surface area contributed by atoms with Crippen LogP contribution in [0.5, 0.6) is 5.75 Å². The molecule has 2 aromatic carbocycles. The fraction of sp³-hybridized carbons (Fsp3) is 0.469. The number of amides is 2. The number of carboxylic acids is 1. The Balaban J connectivity index is 1.50. The number of rotatable bonds is 10. The number of alkyl carbamates (subject to hydrolysis) is 1. The molecule has 42 heavy (non-hydrogen) atoms. The lowest BCUT2D eigenvalue weighted by molar-refractivity contribution is -0.139. The highest BCUT2D eigenvalue weighted by atomic mass is 16.6. The van der Waals surface area contributed by atoms with Crippen LogP contribution in [0.25, 0.3) is 10.9 Å². The van der Waals surface area contributed by atoms with Crippen LogP contribution < -0.4 is 10.1 Å². The molecule has 0 unspecified atom stereocenters. The molecule has 10 nitrogen and oxygen atoms in total. The van der Waals surface area contributed by atoms with E-state index in [2.05, 4.69) is 9.88 Å². The average Bonchev–Trinajstić information content (AvgIpc) is 3.32. The number of piperidine rings is 1. The van der Waals surface area contributed by atoms with Crippen molar-refractivity contribution in [3.8, 4) is 5.75 Å². The first-order valence-electron chi connectivity index (χ1n) is 14.3. The van der Waals surface area contributed by atoms with Crippen molar-refractivity contribution in [3.05, 3.63) is 64.8 Å². The molecule has 4 rings (SSSR count). The van der Waals surface area contributed by atoms with E-state index in [1.807, 2.05) is 42.3 Å². The molecule has 0 saturated carbocycles. The molecule has 1 fully saturated rings.